The molecule has 0 unspecified atom stereocenters. The predicted octanol–water partition coefficient (Wildman–Crippen LogP) is 2.98. The highest BCUT2D eigenvalue weighted by molar-refractivity contribution is 7.13. The number of benzene rings is 1. The molecule has 0 spiro atoms. The van der Waals surface area contributed by atoms with Crippen molar-refractivity contribution in [2.75, 3.05) is 12.5 Å². The van der Waals surface area contributed by atoms with Gasteiger partial charge in [-0.1, -0.05) is 18.2 Å². The first-order chi connectivity index (χ1) is 16.5. The molecule has 0 radical (unpaired) electrons. The summed E-state index contributed by atoms with van der Waals surface area (Å²) >= 11 is 1.37. The Labute approximate surface area is 197 Å². The van der Waals surface area contributed by atoms with Crippen molar-refractivity contribution < 1.29 is 24.2 Å². The summed E-state index contributed by atoms with van der Waals surface area (Å²) in [6, 6.07) is 13.6. The zero-order valence-electron chi connectivity index (χ0n) is 17.7. The van der Waals surface area contributed by atoms with Crippen LogP contribution in [0.25, 0.3) is 21.7 Å². The molecular weight excluding hydrogens is 460 g/mol. The second kappa shape index (κ2) is 9.83. The Hall–Kier alpha value is -4.71. The fourth-order valence-corrected chi connectivity index (χ4v) is 3.89. The molecule has 11 nitrogen and oxygen atoms in total. The van der Waals surface area contributed by atoms with E-state index in [4.69, 9.17) is 4.74 Å². The number of rotatable bonds is 6. The van der Waals surface area contributed by atoms with Gasteiger partial charge >= 0.3 is 6.09 Å². The summed E-state index contributed by atoms with van der Waals surface area (Å²) in [6.45, 7) is 0. The maximum Gasteiger partial charge on any atom is 0.425 e. The molecule has 3 aromatic heterocycles. The minimum atomic E-state index is -1.43. The van der Waals surface area contributed by atoms with Crippen molar-refractivity contribution in [1.29, 1.82) is 0 Å². The van der Waals surface area contributed by atoms with Crippen LogP contribution in [0.2, 0.25) is 0 Å². The van der Waals surface area contributed by atoms with Gasteiger partial charge in [-0.3, -0.25) is 25.4 Å². The average molecular weight is 478 g/mol. The number of ether oxygens (including phenoxy) is 1. The standard InChI is InChI=1S/C22H18N6O5S/c1-33-15-7-2-5-13(11-15)17-18(16-8-4-10-34-16)26-28(27-22(31)32)19(17)21(30)25-24-20(29)14-6-3-9-23-12-14/h2-12,27H,1H3,(H,24,29)(H,25,30)(H,31,32). The summed E-state index contributed by atoms with van der Waals surface area (Å²) < 4.78 is 5.31. The SMILES string of the molecule is COc1cccc(-c2c(-c3cccs3)nn(NC(=O)O)c2C(=O)NNC(=O)c2cccnc2)c1. The van der Waals surface area contributed by atoms with Crippen molar-refractivity contribution in [2.24, 2.45) is 0 Å². The first-order valence-corrected chi connectivity index (χ1v) is 10.7. The van der Waals surface area contributed by atoms with E-state index in [9.17, 15) is 19.5 Å². The number of hydrazine groups is 1. The third-order valence-corrected chi connectivity index (χ3v) is 5.50. The molecule has 4 aromatic rings. The van der Waals surface area contributed by atoms with E-state index in [1.165, 1.54) is 36.9 Å². The Morgan fingerprint density at radius 1 is 1.06 bits per heavy atom. The molecule has 34 heavy (non-hydrogen) atoms. The maximum absolute atomic E-state index is 13.3. The molecule has 0 aliphatic rings. The average Bonchev–Trinajstić information content (AvgIpc) is 3.51. The third kappa shape index (κ3) is 4.71. The summed E-state index contributed by atoms with van der Waals surface area (Å²) in [5, 5.41) is 15.5. The van der Waals surface area contributed by atoms with Gasteiger partial charge in [0.2, 0.25) is 0 Å². The van der Waals surface area contributed by atoms with Crippen molar-refractivity contribution in [1.82, 2.24) is 25.7 Å². The number of carbonyl (C=O) groups is 3. The van der Waals surface area contributed by atoms with Crippen LogP contribution in [0.5, 0.6) is 5.75 Å². The van der Waals surface area contributed by atoms with Gasteiger partial charge in [0.1, 0.15) is 11.4 Å². The first kappa shape index (κ1) is 22.5. The number of thiophene rings is 1. The van der Waals surface area contributed by atoms with E-state index in [1.807, 2.05) is 11.4 Å². The summed E-state index contributed by atoms with van der Waals surface area (Å²) in [6.07, 6.45) is 1.43. The number of aromatic nitrogens is 3. The number of hydrogen-bond donors (Lipinski definition) is 4. The van der Waals surface area contributed by atoms with Gasteiger partial charge in [0.05, 0.1) is 17.6 Å². The minimum absolute atomic E-state index is 0.134. The van der Waals surface area contributed by atoms with Gasteiger partial charge in [-0.15, -0.1) is 16.4 Å². The van der Waals surface area contributed by atoms with Gasteiger partial charge in [0.15, 0.2) is 5.69 Å². The lowest BCUT2D eigenvalue weighted by molar-refractivity contribution is 0.0841. The molecule has 3 amide bonds. The van der Waals surface area contributed by atoms with Crippen molar-refractivity contribution >= 4 is 29.2 Å². The summed E-state index contributed by atoms with van der Waals surface area (Å²) in [7, 11) is 1.51. The molecule has 172 valence electrons. The second-order valence-electron chi connectivity index (χ2n) is 6.76. The summed E-state index contributed by atoms with van der Waals surface area (Å²) in [5.41, 5.74) is 8.11. The number of carbonyl (C=O) groups excluding carboxylic acids is 2. The zero-order chi connectivity index (χ0) is 24.1. The topological polar surface area (TPSA) is 147 Å². The van der Waals surface area contributed by atoms with Crippen molar-refractivity contribution in [3.05, 3.63) is 77.6 Å². The lowest BCUT2D eigenvalue weighted by Gasteiger charge is -2.11. The van der Waals surface area contributed by atoms with Crippen LogP contribution in [0.1, 0.15) is 20.8 Å². The van der Waals surface area contributed by atoms with Crippen LogP contribution < -0.4 is 21.0 Å². The van der Waals surface area contributed by atoms with Crippen LogP contribution >= 0.6 is 11.3 Å². The fourth-order valence-electron chi connectivity index (χ4n) is 3.18. The van der Waals surface area contributed by atoms with Crippen LogP contribution in [-0.4, -0.2) is 45.0 Å². The summed E-state index contributed by atoms with van der Waals surface area (Å²) in [5.74, 6) is -0.857. The number of nitrogens with one attached hydrogen (secondary N) is 3. The van der Waals surface area contributed by atoms with E-state index in [0.29, 0.717) is 27.4 Å². The van der Waals surface area contributed by atoms with Crippen molar-refractivity contribution in [3.63, 3.8) is 0 Å². The molecule has 12 heteroatoms. The van der Waals surface area contributed by atoms with Crippen LogP contribution in [0.4, 0.5) is 4.79 Å². The number of pyridine rings is 1. The molecule has 3 heterocycles. The zero-order valence-corrected chi connectivity index (χ0v) is 18.5. The van der Waals surface area contributed by atoms with E-state index >= 15 is 0 Å². The molecule has 4 rings (SSSR count). The number of amides is 3. The predicted molar refractivity (Wildman–Crippen MR) is 124 cm³/mol. The molecule has 0 fully saturated rings. The first-order valence-electron chi connectivity index (χ1n) is 9.80. The molecule has 0 saturated heterocycles. The molecule has 0 atom stereocenters. The van der Waals surface area contributed by atoms with E-state index < -0.39 is 17.9 Å². The van der Waals surface area contributed by atoms with Gasteiger partial charge in [0, 0.05) is 18.0 Å². The summed E-state index contributed by atoms with van der Waals surface area (Å²) in [4.78, 5) is 42.5. The van der Waals surface area contributed by atoms with Crippen LogP contribution in [0, 0.1) is 0 Å². The maximum atomic E-state index is 13.3. The van der Waals surface area contributed by atoms with E-state index in [2.05, 4.69) is 26.4 Å². The molecule has 0 aliphatic carbocycles. The Kier molecular flexibility index (Phi) is 6.50. The van der Waals surface area contributed by atoms with E-state index in [0.717, 1.165) is 4.79 Å². The molecule has 1 aromatic carbocycles. The van der Waals surface area contributed by atoms with E-state index in [-0.39, 0.29) is 11.3 Å². The number of carboxylic acid groups (broad SMARTS) is 1. The van der Waals surface area contributed by atoms with Crippen LogP contribution in [0.3, 0.4) is 0 Å². The van der Waals surface area contributed by atoms with Crippen molar-refractivity contribution in [3.8, 4) is 27.4 Å². The Bertz CT molecular complexity index is 1340. The van der Waals surface area contributed by atoms with Crippen LogP contribution in [0.15, 0.2) is 66.3 Å². The minimum Gasteiger partial charge on any atom is -0.497 e. The molecular formula is C22H18N6O5S. The Morgan fingerprint density at radius 3 is 2.56 bits per heavy atom. The highest BCUT2D eigenvalue weighted by Crippen LogP contribution is 2.37. The third-order valence-electron chi connectivity index (χ3n) is 4.63. The number of hydrogen-bond acceptors (Lipinski definition) is 7. The molecule has 4 N–H and O–H groups in total. The highest BCUT2D eigenvalue weighted by Gasteiger charge is 2.28. The van der Waals surface area contributed by atoms with Gasteiger partial charge in [0.25, 0.3) is 11.8 Å². The fraction of sp³-hybridized carbons (Fsp3) is 0.0455. The monoisotopic (exact) mass is 478 g/mol. The molecule has 0 saturated carbocycles. The Morgan fingerprint density at radius 2 is 1.88 bits per heavy atom. The van der Waals surface area contributed by atoms with Gasteiger partial charge in [-0.2, -0.15) is 4.79 Å². The number of nitrogens with zero attached hydrogens (tertiary/aromatic N) is 3. The quantitative estimate of drug-likeness (QED) is 0.311. The van der Waals surface area contributed by atoms with Crippen LogP contribution in [-0.2, 0) is 0 Å². The van der Waals surface area contributed by atoms with Crippen molar-refractivity contribution in [2.45, 2.75) is 0 Å². The largest absolute Gasteiger partial charge is 0.497 e. The smallest absolute Gasteiger partial charge is 0.425 e. The molecule has 0 bridgehead atoms. The van der Waals surface area contributed by atoms with Gasteiger partial charge in [-0.05, 0) is 41.3 Å². The lowest BCUT2D eigenvalue weighted by atomic mass is 10.0. The molecule has 0 aliphatic heterocycles. The van der Waals surface area contributed by atoms with Gasteiger partial charge < -0.3 is 9.84 Å². The van der Waals surface area contributed by atoms with Gasteiger partial charge in [-0.25, -0.2) is 10.2 Å². The number of methoxy groups -OCH3 is 1. The highest BCUT2D eigenvalue weighted by atomic mass is 32.1. The van der Waals surface area contributed by atoms with E-state index in [1.54, 1.807) is 36.4 Å². The normalized spacial score (nSPS) is 10.4. The Balaban J connectivity index is 1.79. The second-order valence-corrected chi connectivity index (χ2v) is 7.71. The lowest BCUT2D eigenvalue weighted by Crippen LogP contribution is -2.43.